The molecule has 17 heavy (non-hydrogen) atoms. The van der Waals surface area contributed by atoms with Gasteiger partial charge >= 0.3 is 6.18 Å². The lowest BCUT2D eigenvalue weighted by Crippen LogP contribution is -2.14. The molecule has 4 nitrogen and oxygen atoms in total. The van der Waals surface area contributed by atoms with Gasteiger partial charge in [0.2, 0.25) is 5.95 Å². The maximum absolute atomic E-state index is 12.9. The van der Waals surface area contributed by atoms with Gasteiger partial charge in [-0.05, 0) is 0 Å². The molecule has 0 aromatic carbocycles. The minimum atomic E-state index is -5.39. The molecule has 0 bridgehead atoms. The summed E-state index contributed by atoms with van der Waals surface area (Å²) < 4.78 is 73.7. The molecule has 0 saturated heterocycles. The fraction of sp³-hybridized carbons (Fsp3) is 0.286. The number of nitro groups is 1. The van der Waals surface area contributed by atoms with Crippen LogP contribution in [-0.4, -0.2) is 9.91 Å². The Labute approximate surface area is 89.0 Å². The third-order valence-corrected chi connectivity index (χ3v) is 1.68. The number of alkyl halides is 5. The highest BCUT2D eigenvalue weighted by molar-refractivity contribution is 5.42. The van der Waals surface area contributed by atoms with E-state index in [1.807, 2.05) is 0 Å². The SMILES string of the molecule is O=[N+]([O-])c1cc(C(F)F)nc(F)c1C(F)(F)F. The van der Waals surface area contributed by atoms with Gasteiger partial charge < -0.3 is 0 Å². The summed E-state index contributed by atoms with van der Waals surface area (Å²) in [6.07, 6.45) is -8.80. The van der Waals surface area contributed by atoms with Crippen molar-refractivity contribution >= 4 is 5.69 Å². The number of hydrogen-bond acceptors (Lipinski definition) is 3. The first-order valence-electron chi connectivity index (χ1n) is 3.84. The van der Waals surface area contributed by atoms with Crippen LogP contribution in [0, 0.1) is 16.1 Å². The van der Waals surface area contributed by atoms with Gasteiger partial charge in [0.1, 0.15) is 5.69 Å². The molecule has 1 aromatic heterocycles. The number of hydrogen-bond donors (Lipinski definition) is 0. The van der Waals surface area contributed by atoms with E-state index < -0.39 is 40.4 Å². The van der Waals surface area contributed by atoms with Crippen molar-refractivity contribution in [2.75, 3.05) is 0 Å². The summed E-state index contributed by atoms with van der Waals surface area (Å²) in [6.45, 7) is 0. The summed E-state index contributed by atoms with van der Waals surface area (Å²) in [4.78, 5) is 11.0. The van der Waals surface area contributed by atoms with Crippen LogP contribution in [0.2, 0.25) is 0 Å². The van der Waals surface area contributed by atoms with Gasteiger partial charge in [0.15, 0.2) is 5.56 Å². The second-order valence-corrected chi connectivity index (χ2v) is 2.79. The maximum atomic E-state index is 12.9. The quantitative estimate of drug-likeness (QED) is 0.355. The van der Waals surface area contributed by atoms with Crippen molar-refractivity contribution < 1.29 is 31.3 Å². The van der Waals surface area contributed by atoms with E-state index in [4.69, 9.17) is 0 Å². The van der Waals surface area contributed by atoms with Gasteiger partial charge in [-0.25, -0.2) is 13.8 Å². The molecule has 1 heterocycles. The molecule has 0 radical (unpaired) electrons. The van der Waals surface area contributed by atoms with Crippen molar-refractivity contribution in [1.29, 1.82) is 0 Å². The van der Waals surface area contributed by atoms with Gasteiger partial charge in [0, 0.05) is 6.07 Å². The summed E-state index contributed by atoms with van der Waals surface area (Å²) in [5.74, 6) is -2.35. The van der Waals surface area contributed by atoms with E-state index in [0.29, 0.717) is 0 Å². The third kappa shape index (κ3) is 2.63. The fourth-order valence-corrected chi connectivity index (χ4v) is 1.04. The summed E-state index contributed by atoms with van der Waals surface area (Å²) in [5.41, 5.74) is -5.49. The van der Waals surface area contributed by atoms with E-state index in [1.54, 1.807) is 0 Å². The van der Waals surface area contributed by atoms with E-state index in [1.165, 1.54) is 0 Å². The second-order valence-electron chi connectivity index (χ2n) is 2.79. The molecule has 10 heteroatoms. The van der Waals surface area contributed by atoms with Crippen LogP contribution in [0.4, 0.5) is 32.0 Å². The highest BCUT2D eigenvalue weighted by atomic mass is 19.4. The molecule has 0 aliphatic carbocycles. The number of halogens is 6. The van der Waals surface area contributed by atoms with Crippen LogP contribution >= 0.6 is 0 Å². The molecule has 1 rings (SSSR count). The number of pyridine rings is 1. The molecular formula is C7H2F6N2O2. The number of nitrogens with zero attached hydrogens (tertiary/aromatic N) is 2. The highest BCUT2D eigenvalue weighted by Gasteiger charge is 2.43. The number of aromatic nitrogens is 1. The molecule has 0 fully saturated rings. The molecule has 0 aliphatic heterocycles. The van der Waals surface area contributed by atoms with Crippen LogP contribution in [0.5, 0.6) is 0 Å². The minimum absolute atomic E-state index is 0.101. The fourth-order valence-electron chi connectivity index (χ4n) is 1.04. The Kier molecular flexibility index (Phi) is 3.25. The van der Waals surface area contributed by atoms with Gasteiger partial charge in [-0.2, -0.15) is 17.6 Å². The predicted molar refractivity (Wildman–Crippen MR) is 40.8 cm³/mol. The van der Waals surface area contributed by atoms with Crippen LogP contribution < -0.4 is 0 Å². The molecule has 0 amide bonds. The van der Waals surface area contributed by atoms with Gasteiger partial charge in [-0.1, -0.05) is 0 Å². The zero-order chi connectivity index (χ0) is 13.4. The van der Waals surface area contributed by atoms with Crippen molar-refractivity contribution in [3.05, 3.63) is 33.4 Å². The summed E-state index contributed by atoms with van der Waals surface area (Å²) in [5, 5.41) is 10.3. The van der Waals surface area contributed by atoms with Gasteiger partial charge in [0.05, 0.1) is 4.92 Å². The lowest BCUT2D eigenvalue weighted by Gasteiger charge is -2.09. The molecular weight excluding hydrogens is 258 g/mol. The lowest BCUT2D eigenvalue weighted by molar-refractivity contribution is -0.388. The third-order valence-electron chi connectivity index (χ3n) is 1.68. The van der Waals surface area contributed by atoms with Crippen molar-refractivity contribution in [2.24, 2.45) is 0 Å². The largest absolute Gasteiger partial charge is 0.427 e. The molecule has 0 N–H and O–H groups in total. The molecule has 94 valence electrons. The van der Waals surface area contributed by atoms with Crippen LogP contribution in [0.15, 0.2) is 6.07 Å². The summed E-state index contributed by atoms with van der Waals surface area (Å²) in [7, 11) is 0. The first kappa shape index (κ1) is 13.2. The topological polar surface area (TPSA) is 56.0 Å². The van der Waals surface area contributed by atoms with Crippen LogP contribution in [0.1, 0.15) is 17.7 Å². The zero-order valence-corrected chi connectivity index (χ0v) is 7.63. The second kappa shape index (κ2) is 4.18. The lowest BCUT2D eigenvalue weighted by atomic mass is 10.2. The van der Waals surface area contributed by atoms with Crippen molar-refractivity contribution in [1.82, 2.24) is 4.98 Å². The minimum Gasteiger partial charge on any atom is -0.258 e. The average molecular weight is 260 g/mol. The zero-order valence-electron chi connectivity index (χ0n) is 7.63. The van der Waals surface area contributed by atoms with Crippen LogP contribution in [0.3, 0.4) is 0 Å². The van der Waals surface area contributed by atoms with E-state index in [-0.39, 0.29) is 6.07 Å². The highest BCUT2D eigenvalue weighted by Crippen LogP contribution is 2.38. The molecule has 0 spiro atoms. The Morgan fingerprint density at radius 1 is 1.35 bits per heavy atom. The number of rotatable bonds is 2. The normalized spacial score (nSPS) is 11.9. The van der Waals surface area contributed by atoms with Crippen molar-refractivity contribution in [3.8, 4) is 0 Å². The Balaban J connectivity index is 3.56. The molecule has 0 saturated carbocycles. The van der Waals surface area contributed by atoms with E-state index in [0.717, 1.165) is 0 Å². The standard InChI is InChI=1S/C7H2F6N2O2/c8-5(9)2-1-3(15(16)17)4(6(10)14-2)7(11,12)13/h1,5H. The monoisotopic (exact) mass is 260 g/mol. The summed E-state index contributed by atoms with van der Waals surface area (Å²) in [6, 6.07) is -0.101. The Hall–Kier alpha value is -1.87. The van der Waals surface area contributed by atoms with E-state index in [2.05, 4.69) is 4.98 Å². The predicted octanol–water partition coefficient (Wildman–Crippen LogP) is 3.09. The Morgan fingerprint density at radius 2 is 1.88 bits per heavy atom. The first-order valence-corrected chi connectivity index (χ1v) is 3.84. The van der Waals surface area contributed by atoms with E-state index >= 15 is 0 Å². The molecule has 1 aromatic rings. The molecule has 0 aliphatic rings. The maximum Gasteiger partial charge on any atom is 0.427 e. The average Bonchev–Trinajstić information content (AvgIpc) is 2.13. The molecule has 0 unspecified atom stereocenters. The smallest absolute Gasteiger partial charge is 0.258 e. The Morgan fingerprint density at radius 3 is 2.24 bits per heavy atom. The summed E-state index contributed by atoms with van der Waals surface area (Å²) >= 11 is 0. The van der Waals surface area contributed by atoms with Crippen molar-refractivity contribution in [2.45, 2.75) is 12.6 Å². The van der Waals surface area contributed by atoms with E-state index in [9.17, 15) is 36.5 Å². The van der Waals surface area contributed by atoms with Gasteiger partial charge in [-0.15, -0.1) is 0 Å². The van der Waals surface area contributed by atoms with Crippen molar-refractivity contribution in [3.63, 3.8) is 0 Å². The van der Waals surface area contributed by atoms with Gasteiger partial charge in [-0.3, -0.25) is 10.1 Å². The Bertz CT molecular complexity index is 458. The molecule has 0 atom stereocenters. The van der Waals surface area contributed by atoms with Gasteiger partial charge in [0.25, 0.3) is 12.1 Å². The van der Waals surface area contributed by atoms with Crippen LogP contribution in [0.25, 0.3) is 0 Å². The van der Waals surface area contributed by atoms with Crippen LogP contribution in [-0.2, 0) is 6.18 Å². The first-order chi connectivity index (χ1) is 7.64.